The lowest BCUT2D eigenvalue weighted by molar-refractivity contribution is -0.129. The summed E-state index contributed by atoms with van der Waals surface area (Å²) >= 11 is 1.73. The van der Waals surface area contributed by atoms with Crippen molar-refractivity contribution in [1.29, 1.82) is 0 Å². The summed E-state index contributed by atoms with van der Waals surface area (Å²) in [5, 5.41) is 7.66. The van der Waals surface area contributed by atoms with Crippen molar-refractivity contribution in [2.45, 2.75) is 51.7 Å². The molecule has 0 aromatic carbocycles. The number of nitrogens with one attached hydrogen (secondary N) is 1. The molecular weight excluding hydrogens is 386 g/mol. The van der Waals surface area contributed by atoms with Crippen LogP contribution in [-0.4, -0.2) is 43.4 Å². The highest BCUT2D eigenvalue weighted by molar-refractivity contribution is 7.07. The third-order valence-corrected chi connectivity index (χ3v) is 6.90. The van der Waals surface area contributed by atoms with Gasteiger partial charge in [-0.25, -0.2) is 9.50 Å². The summed E-state index contributed by atoms with van der Waals surface area (Å²) in [5.74, 6) is -0.00130. The minimum absolute atomic E-state index is 0.00130. The van der Waals surface area contributed by atoms with Gasteiger partial charge in [-0.3, -0.25) is 19.6 Å². The highest BCUT2D eigenvalue weighted by Crippen LogP contribution is 2.32. The number of H-pyrrole nitrogens is 1. The van der Waals surface area contributed by atoms with E-state index >= 15 is 0 Å². The number of carbonyl (C=O) groups excluding carboxylic acids is 1. The second-order valence-corrected chi connectivity index (χ2v) is 8.83. The molecule has 5 heterocycles. The zero-order chi connectivity index (χ0) is 20.0. The van der Waals surface area contributed by atoms with Gasteiger partial charge in [-0.2, -0.15) is 11.3 Å². The van der Waals surface area contributed by atoms with Crippen molar-refractivity contribution < 1.29 is 4.79 Å². The molecule has 5 rings (SSSR count). The van der Waals surface area contributed by atoms with Crippen LogP contribution in [0.25, 0.3) is 5.65 Å². The van der Waals surface area contributed by atoms with Crippen molar-refractivity contribution in [2.24, 2.45) is 0 Å². The third kappa shape index (κ3) is 3.40. The van der Waals surface area contributed by atoms with E-state index in [-0.39, 0.29) is 17.5 Å². The first-order valence-corrected chi connectivity index (χ1v) is 11.2. The van der Waals surface area contributed by atoms with E-state index in [0.29, 0.717) is 30.7 Å². The fourth-order valence-electron chi connectivity index (χ4n) is 4.59. The molecule has 1 fully saturated rings. The van der Waals surface area contributed by atoms with Gasteiger partial charge in [-0.05, 0) is 41.8 Å². The number of carbonyl (C=O) groups is 1. The number of piperidine rings is 1. The molecule has 1 atom stereocenters. The molecular formula is C21H25N5O2S. The van der Waals surface area contributed by atoms with Crippen LogP contribution >= 0.6 is 11.3 Å². The maximum atomic E-state index is 13.1. The SMILES string of the molecule is CC(=O)N1CCc2nc3cc([C@@H]4CCCCN4Cc4ccsc4)[nH]n3c(=O)c2C1. The Morgan fingerprint density at radius 2 is 2.24 bits per heavy atom. The van der Waals surface area contributed by atoms with Crippen LogP contribution in [0.4, 0.5) is 0 Å². The Hall–Kier alpha value is -2.45. The van der Waals surface area contributed by atoms with E-state index in [1.54, 1.807) is 27.7 Å². The molecule has 3 aromatic heterocycles. The lowest BCUT2D eigenvalue weighted by Crippen LogP contribution is -2.39. The fraction of sp³-hybridized carbons (Fsp3) is 0.476. The molecule has 1 amide bonds. The number of fused-ring (bicyclic) bond motifs is 2. The molecule has 1 N–H and O–H groups in total. The van der Waals surface area contributed by atoms with Crippen molar-refractivity contribution in [3.05, 3.63) is 55.8 Å². The van der Waals surface area contributed by atoms with Gasteiger partial charge in [0.05, 0.1) is 29.5 Å². The first-order valence-electron chi connectivity index (χ1n) is 10.2. The van der Waals surface area contributed by atoms with E-state index in [4.69, 9.17) is 4.98 Å². The summed E-state index contributed by atoms with van der Waals surface area (Å²) in [5.41, 5.74) is 4.46. The number of rotatable bonds is 3. The quantitative estimate of drug-likeness (QED) is 0.719. The van der Waals surface area contributed by atoms with Gasteiger partial charge in [0, 0.05) is 32.5 Å². The number of aromatic amines is 1. The van der Waals surface area contributed by atoms with Crippen LogP contribution in [0.5, 0.6) is 0 Å². The van der Waals surface area contributed by atoms with Crippen molar-refractivity contribution in [3.8, 4) is 0 Å². The minimum Gasteiger partial charge on any atom is -0.338 e. The van der Waals surface area contributed by atoms with Gasteiger partial charge >= 0.3 is 0 Å². The molecule has 7 nitrogen and oxygen atoms in total. The topological polar surface area (TPSA) is 73.7 Å². The molecule has 152 valence electrons. The second-order valence-electron chi connectivity index (χ2n) is 8.05. The van der Waals surface area contributed by atoms with E-state index < -0.39 is 0 Å². The summed E-state index contributed by atoms with van der Waals surface area (Å²) in [7, 11) is 0. The number of hydrogen-bond donors (Lipinski definition) is 1. The highest BCUT2D eigenvalue weighted by Gasteiger charge is 2.28. The summed E-state index contributed by atoms with van der Waals surface area (Å²) in [4.78, 5) is 33.8. The fourth-order valence-corrected chi connectivity index (χ4v) is 5.25. The largest absolute Gasteiger partial charge is 0.338 e. The maximum Gasteiger partial charge on any atom is 0.277 e. The van der Waals surface area contributed by atoms with Crippen LogP contribution < -0.4 is 5.56 Å². The molecule has 0 aliphatic carbocycles. The Bertz CT molecular complexity index is 1100. The van der Waals surface area contributed by atoms with Gasteiger partial charge in [0.2, 0.25) is 5.91 Å². The second kappa shape index (κ2) is 7.42. The van der Waals surface area contributed by atoms with Gasteiger partial charge in [-0.15, -0.1) is 0 Å². The predicted molar refractivity (Wildman–Crippen MR) is 112 cm³/mol. The highest BCUT2D eigenvalue weighted by atomic mass is 32.1. The van der Waals surface area contributed by atoms with Crippen LogP contribution in [0.1, 0.15) is 54.7 Å². The summed E-state index contributed by atoms with van der Waals surface area (Å²) < 4.78 is 1.56. The van der Waals surface area contributed by atoms with Crippen LogP contribution in [-0.2, 0) is 24.3 Å². The normalized spacial score (nSPS) is 20.2. The zero-order valence-electron chi connectivity index (χ0n) is 16.6. The van der Waals surface area contributed by atoms with Gasteiger partial charge in [-0.1, -0.05) is 6.42 Å². The van der Waals surface area contributed by atoms with E-state index in [1.165, 1.54) is 18.4 Å². The smallest absolute Gasteiger partial charge is 0.277 e. The lowest BCUT2D eigenvalue weighted by Gasteiger charge is -2.34. The van der Waals surface area contributed by atoms with Crippen LogP contribution in [0.2, 0.25) is 0 Å². The number of nitrogens with zero attached hydrogens (tertiary/aromatic N) is 4. The van der Waals surface area contributed by atoms with Gasteiger partial charge in [0.15, 0.2) is 5.65 Å². The molecule has 0 saturated carbocycles. The average molecular weight is 412 g/mol. The number of hydrogen-bond acceptors (Lipinski definition) is 5. The molecule has 2 aliphatic rings. The van der Waals surface area contributed by atoms with Crippen LogP contribution in [0.15, 0.2) is 27.7 Å². The maximum absolute atomic E-state index is 13.1. The van der Waals surface area contributed by atoms with E-state index in [1.807, 2.05) is 6.07 Å². The van der Waals surface area contributed by atoms with Gasteiger partial charge in [0.1, 0.15) is 0 Å². The monoisotopic (exact) mass is 411 g/mol. The Morgan fingerprint density at radius 3 is 3.03 bits per heavy atom. The number of likely N-dealkylation sites (tertiary alicyclic amines) is 1. The summed E-state index contributed by atoms with van der Waals surface area (Å²) in [6.07, 6.45) is 4.10. The molecule has 8 heteroatoms. The molecule has 3 aromatic rings. The van der Waals surface area contributed by atoms with Crippen LogP contribution in [0.3, 0.4) is 0 Å². The first-order chi connectivity index (χ1) is 14.1. The van der Waals surface area contributed by atoms with Gasteiger partial charge in [0.25, 0.3) is 5.56 Å². The Morgan fingerprint density at radius 1 is 1.34 bits per heavy atom. The molecule has 29 heavy (non-hydrogen) atoms. The zero-order valence-corrected chi connectivity index (χ0v) is 17.4. The molecule has 1 saturated heterocycles. The number of amides is 1. The molecule has 0 spiro atoms. The van der Waals surface area contributed by atoms with E-state index in [0.717, 1.165) is 30.9 Å². The number of aromatic nitrogens is 3. The van der Waals surface area contributed by atoms with Crippen molar-refractivity contribution in [3.63, 3.8) is 0 Å². The molecule has 0 bridgehead atoms. The van der Waals surface area contributed by atoms with E-state index in [2.05, 4.69) is 26.8 Å². The standard InChI is InChI=1S/C21H25N5O2S/c1-14(27)24-8-5-17-16(12-24)21(28)26-20(22-17)10-18(23-26)19-4-2-3-7-25(19)11-15-6-9-29-13-15/h6,9-10,13,19,23H,2-5,7-8,11-12H2,1H3/t19-/m0/s1. The minimum atomic E-state index is -0.0811. The van der Waals surface area contributed by atoms with Gasteiger partial charge < -0.3 is 4.90 Å². The Kier molecular flexibility index (Phi) is 4.75. The molecule has 2 aliphatic heterocycles. The molecule has 0 radical (unpaired) electrons. The molecule has 0 unspecified atom stereocenters. The van der Waals surface area contributed by atoms with E-state index in [9.17, 15) is 9.59 Å². The van der Waals surface area contributed by atoms with Crippen LogP contribution in [0, 0.1) is 0 Å². The predicted octanol–water partition coefficient (Wildman–Crippen LogP) is 2.72. The average Bonchev–Trinajstić information content (AvgIpc) is 3.38. The lowest BCUT2D eigenvalue weighted by atomic mass is 9.99. The van der Waals surface area contributed by atoms with Crippen molar-refractivity contribution in [1.82, 2.24) is 24.4 Å². The number of thiophene rings is 1. The Balaban J connectivity index is 1.50. The summed E-state index contributed by atoms with van der Waals surface area (Å²) in [6.45, 7) is 4.51. The first kappa shape index (κ1) is 18.6. The van der Waals surface area contributed by atoms with Crippen molar-refractivity contribution in [2.75, 3.05) is 13.1 Å². The Labute approximate surface area is 173 Å². The third-order valence-electron chi connectivity index (χ3n) is 6.16. The van der Waals surface area contributed by atoms with Crippen molar-refractivity contribution >= 4 is 22.9 Å². The summed E-state index contributed by atoms with van der Waals surface area (Å²) in [6, 6.07) is 4.48.